The van der Waals surface area contributed by atoms with Gasteiger partial charge in [-0.25, -0.2) is 8.42 Å². The van der Waals surface area contributed by atoms with Crippen molar-refractivity contribution in [2.45, 2.75) is 9.24 Å². The minimum Gasteiger partial charge on any atom is -0.224 e. The van der Waals surface area contributed by atoms with Gasteiger partial charge in [-0.3, -0.25) is 0 Å². The van der Waals surface area contributed by atoms with Crippen LogP contribution in [0.25, 0.3) is 0 Å². The summed E-state index contributed by atoms with van der Waals surface area (Å²) in [5.41, 5.74) is 1.63. The zero-order chi connectivity index (χ0) is 12.1. The van der Waals surface area contributed by atoms with E-state index >= 15 is 0 Å². The Morgan fingerprint density at radius 2 is 2.00 bits per heavy atom. The van der Waals surface area contributed by atoms with Crippen molar-refractivity contribution in [3.8, 4) is 0 Å². The number of hydrogen-bond donors (Lipinski definition) is 0. The molecule has 1 heterocycles. The number of nitrogens with zero attached hydrogens (tertiary/aromatic N) is 2. The lowest BCUT2D eigenvalue weighted by Crippen LogP contribution is -2.08. The molecular formula is C10H10N2O2S3. The van der Waals surface area contributed by atoms with Gasteiger partial charge in [0.2, 0.25) is 0 Å². The van der Waals surface area contributed by atoms with Gasteiger partial charge in [0.15, 0.2) is 14.2 Å². The van der Waals surface area contributed by atoms with E-state index < -0.39 is 9.84 Å². The molecule has 0 spiro atoms. The Hall–Kier alpha value is -0.920. The first-order valence-electron chi connectivity index (χ1n) is 4.85. The van der Waals surface area contributed by atoms with Crippen LogP contribution in [0.3, 0.4) is 0 Å². The van der Waals surface area contributed by atoms with E-state index in [1.54, 1.807) is 35.8 Å². The van der Waals surface area contributed by atoms with Crippen LogP contribution in [0.15, 0.2) is 45.1 Å². The Morgan fingerprint density at radius 3 is 2.65 bits per heavy atom. The number of hydrogen-bond acceptors (Lipinski definition) is 6. The normalized spacial score (nSPS) is 11.5. The van der Waals surface area contributed by atoms with Gasteiger partial charge in [-0.15, -0.1) is 10.2 Å². The van der Waals surface area contributed by atoms with Crippen molar-refractivity contribution >= 4 is 32.9 Å². The second-order valence-electron chi connectivity index (χ2n) is 3.19. The molecule has 90 valence electrons. The van der Waals surface area contributed by atoms with E-state index in [1.165, 1.54) is 23.1 Å². The van der Waals surface area contributed by atoms with Crippen molar-refractivity contribution in [3.63, 3.8) is 0 Å². The third-order valence-corrected chi connectivity index (χ3v) is 5.87. The Balaban J connectivity index is 1.95. The van der Waals surface area contributed by atoms with Gasteiger partial charge >= 0.3 is 0 Å². The van der Waals surface area contributed by atoms with Crippen molar-refractivity contribution in [2.75, 3.05) is 11.5 Å². The highest BCUT2D eigenvalue weighted by Gasteiger charge is 2.13. The molecule has 0 unspecified atom stereocenters. The quantitative estimate of drug-likeness (QED) is 0.788. The highest BCUT2D eigenvalue weighted by Crippen LogP contribution is 2.20. The van der Waals surface area contributed by atoms with Gasteiger partial charge < -0.3 is 0 Å². The second-order valence-corrected chi connectivity index (χ2v) is 7.47. The van der Waals surface area contributed by atoms with Crippen molar-refractivity contribution in [3.05, 3.63) is 35.8 Å². The maximum Gasteiger partial charge on any atom is 0.179 e. The summed E-state index contributed by atoms with van der Waals surface area (Å²) < 4.78 is 24.6. The third-order valence-electron chi connectivity index (χ3n) is 2.02. The van der Waals surface area contributed by atoms with Gasteiger partial charge in [0, 0.05) is 5.75 Å². The molecule has 0 saturated heterocycles. The number of rotatable bonds is 5. The van der Waals surface area contributed by atoms with Gasteiger partial charge in [0.1, 0.15) is 5.51 Å². The SMILES string of the molecule is O=S(=O)(CCSc1nncs1)c1ccccc1. The standard InChI is InChI=1S/C10H10N2O2S3/c13-17(14,9-4-2-1-3-5-9)7-6-15-10-12-11-8-16-10/h1-5,8H,6-7H2. The van der Waals surface area contributed by atoms with E-state index in [9.17, 15) is 8.42 Å². The molecule has 0 aliphatic carbocycles. The highest BCUT2D eigenvalue weighted by atomic mass is 32.2. The first-order valence-corrected chi connectivity index (χ1v) is 8.37. The van der Waals surface area contributed by atoms with E-state index in [0.717, 1.165) is 4.34 Å². The van der Waals surface area contributed by atoms with E-state index in [0.29, 0.717) is 10.6 Å². The molecule has 2 rings (SSSR count). The van der Waals surface area contributed by atoms with Gasteiger partial charge in [-0.1, -0.05) is 41.3 Å². The van der Waals surface area contributed by atoms with Gasteiger partial charge in [-0.05, 0) is 12.1 Å². The molecule has 0 N–H and O–H groups in total. The second kappa shape index (κ2) is 5.61. The van der Waals surface area contributed by atoms with E-state index in [-0.39, 0.29) is 5.75 Å². The molecule has 0 amide bonds. The number of sulfone groups is 1. The van der Waals surface area contributed by atoms with Crippen LogP contribution in [0.1, 0.15) is 0 Å². The monoisotopic (exact) mass is 286 g/mol. The minimum absolute atomic E-state index is 0.112. The topological polar surface area (TPSA) is 59.9 Å². The largest absolute Gasteiger partial charge is 0.224 e. The maximum atomic E-state index is 11.9. The molecule has 2 aromatic rings. The molecule has 0 radical (unpaired) electrons. The van der Waals surface area contributed by atoms with Crippen LogP contribution in [0.2, 0.25) is 0 Å². The number of benzene rings is 1. The lowest BCUT2D eigenvalue weighted by molar-refractivity contribution is 0.597. The molecule has 0 saturated carbocycles. The molecule has 0 fully saturated rings. The summed E-state index contributed by atoms with van der Waals surface area (Å²) in [5, 5.41) is 7.54. The predicted octanol–water partition coefficient (Wildman–Crippen LogP) is 2.10. The summed E-state index contributed by atoms with van der Waals surface area (Å²) >= 11 is 2.83. The first-order chi connectivity index (χ1) is 8.18. The van der Waals surface area contributed by atoms with Gasteiger partial charge in [0.05, 0.1) is 10.6 Å². The van der Waals surface area contributed by atoms with Crippen LogP contribution in [0.4, 0.5) is 0 Å². The Morgan fingerprint density at radius 1 is 1.24 bits per heavy atom. The summed E-state index contributed by atoms with van der Waals surface area (Å²) in [4.78, 5) is 0.373. The van der Waals surface area contributed by atoms with Crippen LogP contribution < -0.4 is 0 Å². The number of thioether (sulfide) groups is 1. The summed E-state index contributed by atoms with van der Waals surface area (Å²) in [7, 11) is -3.18. The molecule has 4 nitrogen and oxygen atoms in total. The molecule has 0 atom stereocenters. The van der Waals surface area contributed by atoms with Crippen LogP contribution in [0, 0.1) is 0 Å². The van der Waals surface area contributed by atoms with Gasteiger partial charge in [0.25, 0.3) is 0 Å². The highest BCUT2D eigenvalue weighted by molar-refractivity contribution is 8.02. The first kappa shape index (κ1) is 12.5. The Labute approximate surface area is 108 Å². The fourth-order valence-electron chi connectivity index (χ4n) is 1.21. The molecule has 0 aliphatic rings. The average molecular weight is 286 g/mol. The van der Waals surface area contributed by atoms with E-state index in [1.807, 2.05) is 0 Å². The molecule has 1 aromatic heterocycles. The van der Waals surface area contributed by atoms with Crippen molar-refractivity contribution in [1.29, 1.82) is 0 Å². The predicted molar refractivity (Wildman–Crippen MR) is 69.1 cm³/mol. The lowest BCUT2D eigenvalue weighted by atomic mass is 10.4. The fraction of sp³-hybridized carbons (Fsp3) is 0.200. The molecule has 17 heavy (non-hydrogen) atoms. The summed E-state index contributed by atoms with van der Waals surface area (Å²) in [6, 6.07) is 8.49. The maximum absolute atomic E-state index is 11.9. The molecule has 7 heteroatoms. The van der Waals surface area contributed by atoms with Crippen molar-refractivity contribution in [1.82, 2.24) is 10.2 Å². The van der Waals surface area contributed by atoms with Crippen LogP contribution >= 0.6 is 23.1 Å². The summed E-state index contributed by atoms with van der Waals surface area (Å²) in [6.07, 6.45) is 0. The third kappa shape index (κ3) is 3.52. The Kier molecular flexibility index (Phi) is 4.14. The molecule has 0 bridgehead atoms. The molecular weight excluding hydrogens is 276 g/mol. The average Bonchev–Trinajstić information content (AvgIpc) is 2.83. The smallest absolute Gasteiger partial charge is 0.179 e. The number of aromatic nitrogens is 2. The van der Waals surface area contributed by atoms with Crippen molar-refractivity contribution in [2.24, 2.45) is 0 Å². The Bertz CT molecular complexity index is 553. The minimum atomic E-state index is -3.18. The van der Waals surface area contributed by atoms with Crippen LogP contribution in [-0.4, -0.2) is 30.1 Å². The van der Waals surface area contributed by atoms with Crippen LogP contribution in [0.5, 0.6) is 0 Å². The van der Waals surface area contributed by atoms with Crippen LogP contribution in [-0.2, 0) is 9.84 Å². The molecule has 0 aliphatic heterocycles. The van der Waals surface area contributed by atoms with E-state index in [2.05, 4.69) is 10.2 Å². The lowest BCUT2D eigenvalue weighted by Gasteiger charge is -2.02. The zero-order valence-electron chi connectivity index (χ0n) is 8.81. The fourth-order valence-corrected chi connectivity index (χ4v) is 4.44. The summed E-state index contributed by atoms with van der Waals surface area (Å²) in [5.74, 6) is 0.605. The van der Waals surface area contributed by atoms with E-state index in [4.69, 9.17) is 0 Å². The summed E-state index contributed by atoms with van der Waals surface area (Å²) in [6.45, 7) is 0. The molecule has 1 aromatic carbocycles. The van der Waals surface area contributed by atoms with Crippen molar-refractivity contribution < 1.29 is 8.42 Å². The van der Waals surface area contributed by atoms with Gasteiger partial charge in [-0.2, -0.15) is 0 Å². The zero-order valence-corrected chi connectivity index (χ0v) is 11.3.